The first-order valence-corrected chi connectivity index (χ1v) is 5.96. The number of primary amides is 1. The first-order valence-electron chi connectivity index (χ1n) is 5.96. The third-order valence-corrected chi connectivity index (χ3v) is 2.62. The first kappa shape index (κ1) is 14.0. The Labute approximate surface area is 107 Å². The van der Waals surface area contributed by atoms with Gasteiger partial charge in [-0.05, 0) is 25.0 Å². The van der Waals surface area contributed by atoms with Crippen molar-refractivity contribution in [2.24, 2.45) is 5.73 Å². The standard InChI is InChI=1S/C13H19N3O2/c1-3-9(2)15-13(18)16-11-7-5-4-6-10(11)8-12(14)17/h4-7,9H,3,8H2,1-2H3,(H2,14,17)(H2,15,16,18)/t9-/m0/s1. The van der Waals surface area contributed by atoms with Crippen LogP contribution in [0.3, 0.4) is 0 Å². The summed E-state index contributed by atoms with van der Waals surface area (Å²) in [5.41, 5.74) is 6.48. The Bertz CT molecular complexity index is 432. The van der Waals surface area contributed by atoms with Crippen LogP contribution in [-0.2, 0) is 11.2 Å². The van der Waals surface area contributed by atoms with Crippen LogP contribution in [0.4, 0.5) is 10.5 Å². The highest BCUT2D eigenvalue weighted by Crippen LogP contribution is 2.15. The van der Waals surface area contributed by atoms with Crippen molar-refractivity contribution in [3.05, 3.63) is 29.8 Å². The van der Waals surface area contributed by atoms with Crippen LogP contribution in [-0.4, -0.2) is 18.0 Å². The molecule has 0 radical (unpaired) electrons. The van der Waals surface area contributed by atoms with Crippen molar-refractivity contribution >= 4 is 17.6 Å². The van der Waals surface area contributed by atoms with Gasteiger partial charge in [-0.25, -0.2) is 4.79 Å². The number of carbonyl (C=O) groups is 2. The zero-order valence-corrected chi connectivity index (χ0v) is 10.7. The largest absolute Gasteiger partial charge is 0.369 e. The van der Waals surface area contributed by atoms with Crippen LogP contribution < -0.4 is 16.4 Å². The summed E-state index contributed by atoms with van der Waals surface area (Å²) in [6, 6.07) is 6.94. The van der Waals surface area contributed by atoms with Gasteiger partial charge >= 0.3 is 6.03 Å². The summed E-state index contributed by atoms with van der Waals surface area (Å²) >= 11 is 0. The zero-order valence-electron chi connectivity index (χ0n) is 10.7. The lowest BCUT2D eigenvalue weighted by molar-refractivity contribution is -0.117. The number of para-hydroxylation sites is 1. The van der Waals surface area contributed by atoms with E-state index in [1.165, 1.54) is 0 Å². The SMILES string of the molecule is CC[C@H](C)NC(=O)Nc1ccccc1CC(N)=O. The molecule has 3 amide bonds. The molecule has 0 aromatic heterocycles. The van der Waals surface area contributed by atoms with E-state index in [4.69, 9.17) is 5.73 Å². The van der Waals surface area contributed by atoms with Crippen LogP contribution in [0.2, 0.25) is 0 Å². The van der Waals surface area contributed by atoms with Gasteiger partial charge in [0.25, 0.3) is 0 Å². The molecule has 0 heterocycles. The van der Waals surface area contributed by atoms with Gasteiger partial charge in [-0.3, -0.25) is 4.79 Å². The molecule has 0 unspecified atom stereocenters. The maximum absolute atomic E-state index is 11.7. The lowest BCUT2D eigenvalue weighted by Gasteiger charge is -2.14. The van der Waals surface area contributed by atoms with Crippen molar-refractivity contribution in [1.82, 2.24) is 5.32 Å². The molecule has 5 heteroatoms. The number of nitrogens with two attached hydrogens (primary N) is 1. The molecule has 1 aromatic rings. The van der Waals surface area contributed by atoms with E-state index in [0.29, 0.717) is 11.3 Å². The van der Waals surface area contributed by atoms with E-state index in [0.717, 1.165) is 6.42 Å². The molecule has 0 aliphatic carbocycles. The highest BCUT2D eigenvalue weighted by atomic mass is 16.2. The third kappa shape index (κ3) is 4.45. The van der Waals surface area contributed by atoms with Crippen molar-refractivity contribution < 1.29 is 9.59 Å². The van der Waals surface area contributed by atoms with E-state index in [1.54, 1.807) is 24.3 Å². The number of hydrogen-bond acceptors (Lipinski definition) is 2. The number of amides is 3. The smallest absolute Gasteiger partial charge is 0.319 e. The number of hydrogen-bond donors (Lipinski definition) is 3. The molecule has 18 heavy (non-hydrogen) atoms. The maximum atomic E-state index is 11.7. The third-order valence-electron chi connectivity index (χ3n) is 2.62. The second kappa shape index (κ2) is 6.64. The fourth-order valence-corrected chi connectivity index (χ4v) is 1.47. The average molecular weight is 249 g/mol. The Morgan fingerprint density at radius 2 is 2.00 bits per heavy atom. The van der Waals surface area contributed by atoms with Gasteiger partial charge in [0, 0.05) is 11.7 Å². The van der Waals surface area contributed by atoms with Crippen LogP contribution in [0.15, 0.2) is 24.3 Å². The Morgan fingerprint density at radius 1 is 1.33 bits per heavy atom. The van der Waals surface area contributed by atoms with E-state index < -0.39 is 5.91 Å². The van der Waals surface area contributed by atoms with Gasteiger partial charge in [-0.1, -0.05) is 25.1 Å². The second-order valence-electron chi connectivity index (χ2n) is 4.21. The summed E-state index contributed by atoms with van der Waals surface area (Å²) in [5, 5.41) is 5.52. The molecule has 0 saturated carbocycles. The van der Waals surface area contributed by atoms with Crippen molar-refractivity contribution in [3.8, 4) is 0 Å². The van der Waals surface area contributed by atoms with Crippen LogP contribution in [0, 0.1) is 0 Å². The molecule has 0 spiro atoms. The van der Waals surface area contributed by atoms with Gasteiger partial charge in [0.1, 0.15) is 0 Å². The monoisotopic (exact) mass is 249 g/mol. The van der Waals surface area contributed by atoms with Crippen LogP contribution in [0.1, 0.15) is 25.8 Å². The number of anilines is 1. The normalized spacial score (nSPS) is 11.7. The van der Waals surface area contributed by atoms with E-state index in [-0.39, 0.29) is 18.5 Å². The van der Waals surface area contributed by atoms with Crippen LogP contribution >= 0.6 is 0 Å². The fourth-order valence-electron chi connectivity index (χ4n) is 1.47. The highest BCUT2D eigenvalue weighted by molar-refractivity contribution is 5.91. The molecule has 0 saturated heterocycles. The van der Waals surface area contributed by atoms with E-state index in [2.05, 4.69) is 10.6 Å². The minimum absolute atomic E-state index is 0.105. The molecule has 98 valence electrons. The Hall–Kier alpha value is -2.04. The molecule has 4 N–H and O–H groups in total. The van der Waals surface area contributed by atoms with Crippen LogP contribution in [0.25, 0.3) is 0 Å². The number of urea groups is 1. The van der Waals surface area contributed by atoms with Crippen LogP contribution in [0.5, 0.6) is 0 Å². The van der Waals surface area contributed by atoms with Crippen molar-refractivity contribution in [1.29, 1.82) is 0 Å². The molecule has 0 bridgehead atoms. The number of rotatable bonds is 5. The van der Waals surface area contributed by atoms with E-state index in [1.807, 2.05) is 13.8 Å². The summed E-state index contributed by atoms with van der Waals surface area (Å²) in [6.07, 6.45) is 0.968. The fraction of sp³-hybridized carbons (Fsp3) is 0.385. The zero-order chi connectivity index (χ0) is 13.5. The molecule has 1 aromatic carbocycles. The Balaban J connectivity index is 2.71. The topological polar surface area (TPSA) is 84.2 Å². The summed E-state index contributed by atoms with van der Waals surface area (Å²) in [5.74, 6) is -0.424. The lowest BCUT2D eigenvalue weighted by Crippen LogP contribution is -2.35. The molecular formula is C13H19N3O2. The van der Waals surface area contributed by atoms with Gasteiger partial charge in [0.2, 0.25) is 5.91 Å². The number of benzene rings is 1. The summed E-state index contributed by atoms with van der Waals surface area (Å²) in [7, 11) is 0. The Kier molecular flexibility index (Phi) is 5.17. The Morgan fingerprint density at radius 3 is 2.61 bits per heavy atom. The quantitative estimate of drug-likeness (QED) is 0.741. The van der Waals surface area contributed by atoms with Gasteiger partial charge in [-0.2, -0.15) is 0 Å². The van der Waals surface area contributed by atoms with Gasteiger partial charge in [-0.15, -0.1) is 0 Å². The van der Waals surface area contributed by atoms with Gasteiger partial charge in [0.15, 0.2) is 0 Å². The van der Waals surface area contributed by atoms with Crippen molar-refractivity contribution in [2.45, 2.75) is 32.7 Å². The van der Waals surface area contributed by atoms with Gasteiger partial charge < -0.3 is 16.4 Å². The predicted molar refractivity (Wildman–Crippen MR) is 71.2 cm³/mol. The molecule has 5 nitrogen and oxygen atoms in total. The van der Waals surface area contributed by atoms with Crippen molar-refractivity contribution in [2.75, 3.05) is 5.32 Å². The molecule has 0 fully saturated rings. The second-order valence-corrected chi connectivity index (χ2v) is 4.21. The van der Waals surface area contributed by atoms with Crippen molar-refractivity contribution in [3.63, 3.8) is 0 Å². The van der Waals surface area contributed by atoms with E-state index >= 15 is 0 Å². The predicted octanol–water partition coefficient (Wildman–Crippen LogP) is 1.63. The maximum Gasteiger partial charge on any atom is 0.319 e. The van der Waals surface area contributed by atoms with Gasteiger partial charge in [0.05, 0.1) is 6.42 Å². The molecule has 1 rings (SSSR count). The number of carbonyl (C=O) groups excluding carboxylic acids is 2. The lowest BCUT2D eigenvalue weighted by atomic mass is 10.1. The molecule has 0 aliphatic rings. The van der Waals surface area contributed by atoms with E-state index in [9.17, 15) is 9.59 Å². The minimum atomic E-state index is -0.424. The summed E-state index contributed by atoms with van der Waals surface area (Å²) in [4.78, 5) is 22.6. The summed E-state index contributed by atoms with van der Waals surface area (Å²) in [6.45, 7) is 3.92. The average Bonchev–Trinajstić information content (AvgIpc) is 2.30. The molecule has 1 atom stereocenters. The number of nitrogens with one attached hydrogen (secondary N) is 2. The highest BCUT2D eigenvalue weighted by Gasteiger charge is 2.09. The summed E-state index contributed by atoms with van der Waals surface area (Å²) < 4.78 is 0. The molecular weight excluding hydrogens is 230 g/mol. The molecule has 0 aliphatic heterocycles. The minimum Gasteiger partial charge on any atom is -0.369 e. The first-order chi connectivity index (χ1) is 8.52.